The van der Waals surface area contributed by atoms with Crippen LogP contribution in [0, 0.1) is 0 Å². The van der Waals surface area contributed by atoms with Crippen molar-refractivity contribution in [2.75, 3.05) is 5.32 Å². The number of amides is 1. The molecule has 146 valence electrons. The zero-order valence-corrected chi connectivity index (χ0v) is 15.0. The van der Waals surface area contributed by atoms with Gasteiger partial charge in [0.25, 0.3) is 5.91 Å². The maximum atomic E-state index is 12.8. The first kappa shape index (κ1) is 19.6. The maximum absolute atomic E-state index is 12.8. The summed E-state index contributed by atoms with van der Waals surface area (Å²) in [5, 5.41) is 2.51. The minimum atomic E-state index is -4.56. The number of halogens is 3. The van der Waals surface area contributed by atoms with E-state index >= 15 is 0 Å². The van der Waals surface area contributed by atoms with Crippen molar-refractivity contribution in [2.24, 2.45) is 0 Å². The Labute approximate surface area is 158 Å². The Kier molecular flexibility index (Phi) is 5.23. The summed E-state index contributed by atoms with van der Waals surface area (Å²) >= 11 is 0. The molecule has 6 nitrogen and oxygen atoms in total. The zero-order valence-electron chi connectivity index (χ0n) is 14.2. The maximum Gasteiger partial charge on any atom is 0.416 e. The van der Waals surface area contributed by atoms with Gasteiger partial charge >= 0.3 is 6.18 Å². The molecule has 1 aromatic carbocycles. The number of rotatable bonds is 5. The average Bonchev–Trinajstić information content (AvgIpc) is 3.11. The highest BCUT2D eigenvalue weighted by atomic mass is 32.2. The van der Waals surface area contributed by atoms with Gasteiger partial charge in [0, 0.05) is 18.6 Å². The molecule has 0 aliphatic rings. The Hall–Kier alpha value is -3.14. The second-order valence-corrected chi connectivity index (χ2v) is 7.73. The van der Waals surface area contributed by atoms with Crippen LogP contribution < -0.4 is 5.32 Å². The van der Waals surface area contributed by atoms with Gasteiger partial charge in [-0.15, -0.1) is 0 Å². The molecule has 0 saturated carbocycles. The summed E-state index contributed by atoms with van der Waals surface area (Å²) in [6, 6.07) is 10.3. The third-order valence-corrected chi connectivity index (χ3v) is 5.31. The van der Waals surface area contributed by atoms with Crippen molar-refractivity contribution in [1.29, 1.82) is 0 Å². The smallest absolute Gasteiger partial charge is 0.319 e. The molecule has 0 aliphatic heterocycles. The van der Waals surface area contributed by atoms with Gasteiger partial charge in [-0.3, -0.25) is 13.8 Å². The Balaban J connectivity index is 1.76. The van der Waals surface area contributed by atoms with E-state index in [1.165, 1.54) is 36.8 Å². The molecule has 2 aromatic heterocycles. The number of benzene rings is 1. The number of nitrogens with zero attached hydrogens (tertiary/aromatic N) is 2. The Morgan fingerprint density at radius 3 is 2.57 bits per heavy atom. The van der Waals surface area contributed by atoms with E-state index in [0.717, 1.165) is 22.2 Å². The van der Waals surface area contributed by atoms with Crippen LogP contribution in [-0.2, 0) is 22.0 Å². The van der Waals surface area contributed by atoms with Crippen molar-refractivity contribution in [3.05, 3.63) is 83.9 Å². The SMILES string of the molecule is O=C(Nc1ccn(S(=O)(=O)Cc2cccc(C(F)(F)F)c2)c1)c1ccccn1. The van der Waals surface area contributed by atoms with E-state index < -0.39 is 33.4 Å². The fourth-order valence-electron chi connectivity index (χ4n) is 2.44. The molecular weight excluding hydrogens is 395 g/mol. The molecule has 0 aliphatic carbocycles. The Morgan fingerprint density at radius 2 is 1.89 bits per heavy atom. The second-order valence-electron chi connectivity index (χ2n) is 5.85. The third kappa shape index (κ3) is 4.58. The summed E-state index contributed by atoms with van der Waals surface area (Å²) in [6.45, 7) is 0. The molecule has 28 heavy (non-hydrogen) atoms. The van der Waals surface area contributed by atoms with Crippen LogP contribution in [0.1, 0.15) is 21.6 Å². The van der Waals surface area contributed by atoms with Gasteiger partial charge < -0.3 is 5.32 Å². The number of nitrogens with one attached hydrogen (secondary N) is 1. The fraction of sp³-hybridized carbons (Fsp3) is 0.111. The topological polar surface area (TPSA) is 81.1 Å². The number of hydrogen-bond donors (Lipinski definition) is 1. The fourth-order valence-corrected chi connectivity index (χ4v) is 3.71. The van der Waals surface area contributed by atoms with Crippen LogP contribution >= 0.6 is 0 Å². The van der Waals surface area contributed by atoms with Crippen LogP contribution in [-0.4, -0.2) is 23.3 Å². The molecule has 2 heterocycles. The van der Waals surface area contributed by atoms with Crippen LogP contribution in [0.25, 0.3) is 0 Å². The van der Waals surface area contributed by atoms with E-state index in [9.17, 15) is 26.4 Å². The van der Waals surface area contributed by atoms with Gasteiger partial charge in [-0.2, -0.15) is 13.2 Å². The van der Waals surface area contributed by atoms with E-state index in [4.69, 9.17) is 0 Å². The molecule has 0 bridgehead atoms. The molecule has 1 N–H and O–H groups in total. The summed E-state index contributed by atoms with van der Waals surface area (Å²) < 4.78 is 64.2. The average molecular weight is 409 g/mol. The van der Waals surface area contributed by atoms with Crippen LogP contribution in [0.3, 0.4) is 0 Å². The highest BCUT2D eigenvalue weighted by molar-refractivity contribution is 7.89. The molecule has 0 radical (unpaired) electrons. The number of aromatic nitrogens is 2. The van der Waals surface area contributed by atoms with E-state index in [2.05, 4.69) is 10.3 Å². The van der Waals surface area contributed by atoms with Gasteiger partial charge in [-0.05, 0) is 29.8 Å². The van der Waals surface area contributed by atoms with Crippen LogP contribution in [0.2, 0.25) is 0 Å². The first-order chi connectivity index (χ1) is 13.1. The molecule has 3 aromatic rings. The summed E-state index contributed by atoms with van der Waals surface area (Å²) in [6.07, 6.45) is -0.740. The van der Waals surface area contributed by atoms with Crippen LogP contribution in [0.4, 0.5) is 18.9 Å². The van der Waals surface area contributed by atoms with Gasteiger partial charge in [0.1, 0.15) is 5.69 Å². The van der Waals surface area contributed by atoms with Crippen LogP contribution in [0.15, 0.2) is 67.1 Å². The molecular formula is C18H14F3N3O3S. The normalized spacial score (nSPS) is 12.0. The Morgan fingerprint density at radius 1 is 1.11 bits per heavy atom. The summed E-state index contributed by atoms with van der Waals surface area (Å²) in [5.41, 5.74) is -0.552. The zero-order chi connectivity index (χ0) is 20.4. The number of anilines is 1. The van der Waals surface area contributed by atoms with Crippen molar-refractivity contribution < 1.29 is 26.4 Å². The number of carbonyl (C=O) groups excluding carboxylic acids is 1. The first-order valence-electron chi connectivity index (χ1n) is 7.95. The summed E-state index contributed by atoms with van der Waals surface area (Å²) in [7, 11) is -3.97. The van der Waals surface area contributed by atoms with E-state index in [-0.39, 0.29) is 16.9 Å². The second kappa shape index (κ2) is 7.47. The quantitative estimate of drug-likeness (QED) is 0.699. The molecule has 1 amide bonds. The predicted molar refractivity (Wildman–Crippen MR) is 96.1 cm³/mol. The van der Waals surface area contributed by atoms with Gasteiger partial charge in [0.2, 0.25) is 10.0 Å². The van der Waals surface area contributed by atoms with E-state index in [1.54, 1.807) is 12.1 Å². The molecule has 3 rings (SSSR count). The standard InChI is InChI=1S/C18H14F3N3O3S/c19-18(20,21)14-5-3-4-13(10-14)12-28(26,27)24-9-7-15(11-24)23-17(25)16-6-1-2-8-22-16/h1-11H,12H2,(H,23,25). The highest BCUT2D eigenvalue weighted by Crippen LogP contribution is 2.30. The van der Waals surface area contributed by atoms with Gasteiger partial charge in [0.15, 0.2) is 0 Å². The Bertz CT molecular complexity index is 1090. The minimum Gasteiger partial charge on any atom is -0.319 e. The minimum absolute atomic E-state index is 0.00240. The van der Waals surface area contributed by atoms with Gasteiger partial charge in [-0.1, -0.05) is 24.3 Å². The lowest BCUT2D eigenvalue weighted by Gasteiger charge is -2.10. The van der Waals surface area contributed by atoms with Crippen molar-refractivity contribution in [2.45, 2.75) is 11.9 Å². The van der Waals surface area contributed by atoms with Crippen molar-refractivity contribution >= 4 is 21.6 Å². The number of alkyl halides is 3. The summed E-state index contributed by atoms with van der Waals surface area (Å²) in [4.78, 5) is 15.9. The predicted octanol–water partition coefficient (Wildman–Crippen LogP) is 3.53. The molecule has 0 unspecified atom stereocenters. The number of hydrogen-bond acceptors (Lipinski definition) is 4. The number of pyridine rings is 1. The molecule has 0 atom stereocenters. The highest BCUT2D eigenvalue weighted by Gasteiger charge is 2.30. The van der Waals surface area contributed by atoms with Crippen LogP contribution in [0.5, 0.6) is 0 Å². The van der Waals surface area contributed by atoms with Crippen molar-refractivity contribution in [3.8, 4) is 0 Å². The molecule has 0 fully saturated rings. The monoisotopic (exact) mass is 409 g/mol. The van der Waals surface area contributed by atoms with Crippen molar-refractivity contribution in [3.63, 3.8) is 0 Å². The van der Waals surface area contributed by atoms with E-state index in [0.29, 0.717) is 0 Å². The lowest BCUT2D eigenvalue weighted by atomic mass is 10.1. The molecule has 0 saturated heterocycles. The van der Waals surface area contributed by atoms with Gasteiger partial charge in [-0.25, -0.2) is 8.42 Å². The lowest BCUT2D eigenvalue weighted by molar-refractivity contribution is -0.137. The largest absolute Gasteiger partial charge is 0.416 e. The third-order valence-electron chi connectivity index (χ3n) is 3.75. The van der Waals surface area contributed by atoms with Crippen molar-refractivity contribution in [1.82, 2.24) is 8.96 Å². The van der Waals surface area contributed by atoms with Gasteiger partial charge in [0.05, 0.1) is 17.0 Å². The molecule has 10 heteroatoms. The molecule has 0 spiro atoms. The summed E-state index contributed by atoms with van der Waals surface area (Å²) in [5.74, 6) is -1.15. The number of carbonyl (C=O) groups is 1. The lowest BCUT2D eigenvalue weighted by Crippen LogP contribution is -2.15. The first-order valence-corrected chi connectivity index (χ1v) is 9.56. The van der Waals surface area contributed by atoms with E-state index in [1.807, 2.05) is 0 Å².